The van der Waals surface area contributed by atoms with Gasteiger partial charge in [-0.25, -0.2) is 19.2 Å². The van der Waals surface area contributed by atoms with Crippen molar-refractivity contribution in [2.24, 2.45) is 5.73 Å². The number of carbonyl (C=O) groups is 1. The van der Waals surface area contributed by atoms with E-state index in [0.29, 0.717) is 23.5 Å². The summed E-state index contributed by atoms with van der Waals surface area (Å²) >= 11 is 0. The molecular formula is C16H15F4N3O3. The maximum atomic E-state index is 12.3. The van der Waals surface area contributed by atoms with Crippen molar-refractivity contribution in [3.63, 3.8) is 0 Å². The fraction of sp³-hybridized carbons (Fsp3) is 0.188. The summed E-state index contributed by atoms with van der Waals surface area (Å²) in [4.78, 5) is 17.2. The van der Waals surface area contributed by atoms with Crippen molar-refractivity contribution in [3.05, 3.63) is 54.6 Å². The first-order valence-electron chi connectivity index (χ1n) is 7.06. The van der Waals surface area contributed by atoms with Gasteiger partial charge >= 0.3 is 12.1 Å². The van der Waals surface area contributed by atoms with Crippen LogP contribution >= 0.6 is 0 Å². The summed E-state index contributed by atoms with van der Waals surface area (Å²) in [6.45, 7) is 0.292. The normalized spacial score (nSPS) is 11.3. The van der Waals surface area contributed by atoms with Crippen LogP contribution in [0, 0.1) is 0 Å². The first kappa shape index (κ1) is 21.0. The summed E-state index contributed by atoms with van der Waals surface area (Å²) in [6, 6.07) is 9.05. The van der Waals surface area contributed by atoms with E-state index in [1.807, 2.05) is 12.1 Å². The topological polar surface area (TPSA) is 98.3 Å². The largest absolute Gasteiger partial charge is 0.490 e. The molecule has 6 nitrogen and oxygen atoms in total. The van der Waals surface area contributed by atoms with Gasteiger partial charge in [0.25, 0.3) is 0 Å². The van der Waals surface area contributed by atoms with Crippen molar-refractivity contribution in [2.45, 2.75) is 6.18 Å². The highest BCUT2D eigenvalue weighted by Gasteiger charge is 2.38. The highest BCUT2D eigenvalue weighted by molar-refractivity contribution is 5.73. The van der Waals surface area contributed by atoms with Crippen LogP contribution in [-0.4, -0.2) is 40.4 Å². The van der Waals surface area contributed by atoms with Gasteiger partial charge in [0.1, 0.15) is 12.4 Å². The molecule has 0 radical (unpaired) electrons. The van der Waals surface area contributed by atoms with Gasteiger partial charge in [-0.3, -0.25) is 0 Å². The predicted octanol–water partition coefficient (Wildman–Crippen LogP) is 2.97. The summed E-state index contributed by atoms with van der Waals surface area (Å²) in [7, 11) is 0. The fourth-order valence-corrected chi connectivity index (χ4v) is 1.46. The molecule has 0 aliphatic heterocycles. The van der Waals surface area contributed by atoms with Crippen molar-refractivity contribution in [1.29, 1.82) is 0 Å². The van der Waals surface area contributed by atoms with Gasteiger partial charge < -0.3 is 15.6 Å². The predicted molar refractivity (Wildman–Crippen MR) is 84.9 cm³/mol. The molecule has 0 spiro atoms. The van der Waals surface area contributed by atoms with Crippen molar-refractivity contribution in [1.82, 2.24) is 9.97 Å². The Bertz CT molecular complexity index is 720. The first-order valence-corrected chi connectivity index (χ1v) is 7.06. The molecule has 26 heavy (non-hydrogen) atoms. The molecule has 0 unspecified atom stereocenters. The second-order valence-corrected chi connectivity index (χ2v) is 4.66. The standard InChI is InChI=1S/C14H14FN3O.C2HF3O2/c15-8-11(9-16)10-19-13-4-2-12(3-5-13)14-17-6-1-7-18-14;3-2(4,5)1(6)7/h1-8H,9-10,16H2;(H,6,7)/b11-8+;. The minimum Gasteiger partial charge on any atom is -0.489 e. The monoisotopic (exact) mass is 373 g/mol. The molecule has 0 aliphatic carbocycles. The Kier molecular flexibility index (Phi) is 8.16. The quantitative estimate of drug-likeness (QED) is 0.782. The van der Waals surface area contributed by atoms with Crippen LogP contribution in [-0.2, 0) is 4.79 Å². The van der Waals surface area contributed by atoms with E-state index >= 15 is 0 Å². The SMILES string of the molecule is NC/C(=C\F)COc1ccc(-c2ncccn2)cc1.O=C(O)C(F)(F)F. The van der Waals surface area contributed by atoms with Crippen LogP contribution in [0.15, 0.2) is 54.6 Å². The minimum atomic E-state index is -5.08. The summed E-state index contributed by atoms with van der Waals surface area (Å²) in [5.74, 6) is -1.46. The van der Waals surface area contributed by atoms with Crippen molar-refractivity contribution >= 4 is 5.97 Å². The van der Waals surface area contributed by atoms with E-state index in [1.54, 1.807) is 30.6 Å². The summed E-state index contributed by atoms with van der Waals surface area (Å²) < 4.78 is 49.5. The van der Waals surface area contributed by atoms with E-state index in [9.17, 15) is 17.6 Å². The Balaban J connectivity index is 0.000000412. The van der Waals surface area contributed by atoms with Gasteiger partial charge in [-0.15, -0.1) is 0 Å². The van der Waals surface area contributed by atoms with E-state index in [4.69, 9.17) is 20.4 Å². The van der Waals surface area contributed by atoms with E-state index < -0.39 is 12.1 Å². The molecule has 1 aromatic heterocycles. The Morgan fingerprint density at radius 3 is 2.15 bits per heavy atom. The molecule has 0 saturated carbocycles. The van der Waals surface area contributed by atoms with Gasteiger partial charge in [0.05, 0.1) is 6.33 Å². The van der Waals surface area contributed by atoms with Gasteiger partial charge in [-0.1, -0.05) is 0 Å². The smallest absolute Gasteiger partial charge is 0.489 e. The van der Waals surface area contributed by atoms with Crippen LogP contribution in [0.3, 0.4) is 0 Å². The van der Waals surface area contributed by atoms with E-state index in [1.165, 1.54) is 0 Å². The number of hydrogen-bond donors (Lipinski definition) is 2. The highest BCUT2D eigenvalue weighted by atomic mass is 19.4. The Hall–Kier alpha value is -3.01. The lowest BCUT2D eigenvalue weighted by atomic mass is 10.2. The molecular weight excluding hydrogens is 358 g/mol. The molecule has 1 heterocycles. The van der Waals surface area contributed by atoms with Crippen molar-refractivity contribution in [2.75, 3.05) is 13.2 Å². The van der Waals surface area contributed by atoms with Gasteiger partial charge in [0.15, 0.2) is 5.82 Å². The van der Waals surface area contributed by atoms with Crippen LogP contribution in [0.4, 0.5) is 17.6 Å². The van der Waals surface area contributed by atoms with Crippen LogP contribution in [0.2, 0.25) is 0 Å². The van der Waals surface area contributed by atoms with Crippen molar-refractivity contribution < 1.29 is 32.2 Å². The average molecular weight is 373 g/mol. The number of aliphatic carboxylic acids is 1. The number of benzene rings is 1. The lowest BCUT2D eigenvalue weighted by molar-refractivity contribution is -0.192. The maximum Gasteiger partial charge on any atom is 0.490 e. The number of aromatic nitrogens is 2. The molecule has 0 atom stereocenters. The second kappa shape index (κ2) is 10.1. The Labute approximate surface area is 146 Å². The molecule has 10 heteroatoms. The van der Waals surface area contributed by atoms with E-state index in [-0.39, 0.29) is 13.2 Å². The maximum absolute atomic E-state index is 12.3. The number of carboxylic acids is 1. The Morgan fingerprint density at radius 2 is 1.73 bits per heavy atom. The van der Waals surface area contributed by atoms with Crippen LogP contribution < -0.4 is 10.5 Å². The second-order valence-electron chi connectivity index (χ2n) is 4.66. The first-order chi connectivity index (χ1) is 12.3. The molecule has 0 fully saturated rings. The summed E-state index contributed by atoms with van der Waals surface area (Å²) in [5.41, 5.74) is 6.65. The zero-order chi connectivity index (χ0) is 19.6. The molecule has 0 bridgehead atoms. The van der Waals surface area contributed by atoms with Crippen LogP contribution in [0.5, 0.6) is 5.75 Å². The van der Waals surface area contributed by atoms with E-state index in [0.717, 1.165) is 5.56 Å². The number of halogens is 4. The minimum absolute atomic E-state index is 0.145. The van der Waals surface area contributed by atoms with Crippen molar-refractivity contribution in [3.8, 4) is 17.1 Å². The van der Waals surface area contributed by atoms with Gasteiger partial charge in [0.2, 0.25) is 0 Å². The summed E-state index contributed by atoms with van der Waals surface area (Å²) in [5, 5.41) is 7.12. The van der Waals surface area contributed by atoms with Gasteiger partial charge in [0, 0.05) is 30.1 Å². The molecule has 0 aliphatic rings. The lowest BCUT2D eigenvalue weighted by Gasteiger charge is -2.07. The molecule has 0 saturated heterocycles. The number of hydrogen-bond acceptors (Lipinski definition) is 5. The van der Waals surface area contributed by atoms with Gasteiger partial charge in [-0.2, -0.15) is 13.2 Å². The number of carboxylic acid groups (broad SMARTS) is 1. The zero-order valence-electron chi connectivity index (χ0n) is 13.3. The number of ether oxygens (including phenoxy) is 1. The number of nitrogens with two attached hydrogens (primary N) is 1. The van der Waals surface area contributed by atoms with E-state index in [2.05, 4.69) is 9.97 Å². The fourth-order valence-electron chi connectivity index (χ4n) is 1.46. The highest BCUT2D eigenvalue weighted by Crippen LogP contribution is 2.19. The Morgan fingerprint density at radius 1 is 1.19 bits per heavy atom. The number of alkyl halides is 3. The zero-order valence-corrected chi connectivity index (χ0v) is 13.3. The van der Waals surface area contributed by atoms with Crippen LogP contribution in [0.25, 0.3) is 11.4 Å². The lowest BCUT2D eigenvalue weighted by Crippen LogP contribution is -2.21. The van der Waals surface area contributed by atoms with Gasteiger partial charge in [-0.05, 0) is 30.3 Å². The molecule has 0 amide bonds. The molecule has 140 valence electrons. The number of nitrogens with zero attached hydrogens (tertiary/aromatic N) is 2. The molecule has 2 aromatic rings. The van der Waals surface area contributed by atoms with Crippen LogP contribution in [0.1, 0.15) is 0 Å². The summed E-state index contributed by atoms with van der Waals surface area (Å²) in [6.07, 6.45) is -1.23. The average Bonchev–Trinajstić information content (AvgIpc) is 2.63. The molecule has 3 N–H and O–H groups in total. The third-order valence-corrected chi connectivity index (χ3v) is 2.76. The third-order valence-electron chi connectivity index (χ3n) is 2.76. The molecule has 1 aromatic carbocycles. The number of rotatable bonds is 5. The molecule has 2 rings (SSSR count). The third kappa shape index (κ3) is 7.26.